The molecule has 110 valence electrons. The lowest BCUT2D eigenvalue weighted by molar-refractivity contribution is -0.137. The number of rotatable bonds is 5. The molecule has 2 N–H and O–H groups in total. The molecule has 5 nitrogen and oxygen atoms in total. The van der Waals surface area contributed by atoms with E-state index in [4.69, 9.17) is 15.2 Å². The molecule has 20 heavy (non-hydrogen) atoms. The van der Waals surface area contributed by atoms with E-state index in [1.54, 1.807) is 4.90 Å². The van der Waals surface area contributed by atoms with E-state index in [0.29, 0.717) is 38.6 Å². The predicted octanol–water partition coefficient (Wildman–Crippen LogP) is 1.19. The zero-order valence-corrected chi connectivity index (χ0v) is 12.9. The van der Waals surface area contributed by atoms with Crippen LogP contribution in [0.4, 0.5) is 0 Å². The van der Waals surface area contributed by atoms with Crippen LogP contribution in [-0.2, 0) is 16.0 Å². The predicted molar refractivity (Wildman–Crippen MR) is 79.8 cm³/mol. The van der Waals surface area contributed by atoms with Crippen molar-refractivity contribution in [3.05, 3.63) is 28.2 Å². The van der Waals surface area contributed by atoms with Gasteiger partial charge in [-0.3, -0.25) is 4.79 Å². The Kier molecular flexibility index (Phi) is 5.82. The number of carbonyl (C=O) groups excluding carboxylic acids is 1. The lowest BCUT2D eigenvalue weighted by atomic mass is 10.1. The molecule has 6 heteroatoms. The third-order valence-corrected chi connectivity index (χ3v) is 3.93. The van der Waals surface area contributed by atoms with Crippen molar-refractivity contribution in [3.8, 4) is 5.75 Å². The Labute approximate surface area is 127 Å². The Morgan fingerprint density at radius 2 is 2.15 bits per heavy atom. The molecule has 0 bridgehead atoms. The van der Waals surface area contributed by atoms with Crippen LogP contribution in [0, 0.1) is 0 Å². The van der Waals surface area contributed by atoms with Crippen molar-refractivity contribution < 1.29 is 14.3 Å². The van der Waals surface area contributed by atoms with Gasteiger partial charge in [0.05, 0.1) is 13.2 Å². The van der Waals surface area contributed by atoms with Crippen molar-refractivity contribution in [2.75, 3.05) is 39.5 Å². The van der Waals surface area contributed by atoms with Crippen molar-refractivity contribution in [2.45, 2.75) is 6.42 Å². The molecule has 0 radical (unpaired) electrons. The molecule has 1 aliphatic heterocycles. The molecule has 0 aliphatic carbocycles. The first-order chi connectivity index (χ1) is 9.70. The van der Waals surface area contributed by atoms with Crippen LogP contribution in [0.1, 0.15) is 5.56 Å². The fourth-order valence-electron chi connectivity index (χ4n) is 2.04. The molecular formula is C14H19BrN2O3. The van der Waals surface area contributed by atoms with Crippen molar-refractivity contribution in [2.24, 2.45) is 5.73 Å². The monoisotopic (exact) mass is 342 g/mol. The molecule has 1 aliphatic rings. The number of hydrogen-bond donors (Lipinski definition) is 1. The van der Waals surface area contributed by atoms with E-state index in [0.717, 1.165) is 16.5 Å². The van der Waals surface area contributed by atoms with Gasteiger partial charge in [-0.1, -0.05) is 15.9 Å². The Morgan fingerprint density at radius 1 is 1.40 bits per heavy atom. The maximum absolute atomic E-state index is 12.0. The smallest absolute Gasteiger partial charge is 0.260 e. The van der Waals surface area contributed by atoms with Crippen molar-refractivity contribution in [1.29, 1.82) is 0 Å². The molecule has 0 spiro atoms. The fourth-order valence-corrected chi connectivity index (χ4v) is 2.48. The summed E-state index contributed by atoms with van der Waals surface area (Å²) in [5.74, 6) is 0.690. The van der Waals surface area contributed by atoms with Crippen LogP contribution in [0.2, 0.25) is 0 Å². The number of carbonyl (C=O) groups is 1. The molecule has 0 atom stereocenters. The molecule has 0 aromatic heterocycles. The number of hydrogen-bond acceptors (Lipinski definition) is 4. The third-order valence-electron chi connectivity index (χ3n) is 3.16. The molecule has 1 amide bonds. The summed E-state index contributed by atoms with van der Waals surface area (Å²) in [4.78, 5) is 13.7. The fraction of sp³-hybridized carbons (Fsp3) is 0.500. The second-order valence-corrected chi connectivity index (χ2v) is 5.43. The lowest BCUT2D eigenvalue weighted by Crippen LogP contribution is -2.42. The van der Waals surface area contributed by atoms with Gasteiger partial charge in [-0.25, -0.2) is 0 Å². The van der Waals surface area contributed by atoms with Crippen LogP contribution in [0.3, 0.4) is 0 Å². The van der Waals surface area contributed by atoms with E-state index < -0.39 is 0 Å². The van der Waals surface area contributed by atoms with E-state index in [1.165, 1.54) is 0 Å². The van der Waals surface area contributed by atoms with Gasteiger partial charge in [-0.2, -0.15) is 0 Å². The van der Waals surface area contributed by atoms with E-state index in [2.05, 4.69) is 15.9 Å². The van der Waals surface area contributed by atoms with Gasteiger partial charge in [0.15, 0.2) is 6.61 Å². The first-order valence-electron chi connectivity index (χ1n) is 6.67. The average Bonchev–Trinajstić information content (AvgIpc) is 2.49. The van der Waals surface area contributed by atoms with E-state index in [9.17, 15) is 4.79 Å². The summed E-state index contributed by atoms with van der Waals surface area (Å²) in [5, 5.41) is 0. The van der Waals surface area contributed by atoms with Gasteiger partial charge >= 0.3 is 0 Å². The van der Waals surface area contributed by atoms with Gasteiger partial charge in [0.2, 0.25) is 0 Å². The van der Waals surface area contributed by atoms with Gasteiger partial charge in [-0.15, -0.1) is 0 Å². The van der Waals surface area contributed by atoms with Crippen molar-refractivity contribution >= 4 is 21.8 Å². The zero-order valence-electron chi connectivity index (χ0n) is 11.3. The molecule has 1 fully saturated rings. The molecular weight excluding hydrogens is 324 g/mol. The highest BCUT2D eigenvalue weighted by atomic mass is 79.9. The summed E-state index contributed by atoms with van der Waals surface area (Å²) in [7, 11) is 0. The van der Waals surface area contributed by atoms with Crippen LogP contribution in [-0.4, -0.2) is 50.3 Å². The highest BCUT2D eigenvalue weighted by Crippen LogP contribution is 2.23. The Bertz CT molecular complexity index is 462. The quantitative estimate of drug-likeness (QED) is 0.872. The maximum Gasteiger partial charge on any atom is 0.260 e. The minimum Gasteiger partial charge on any atom is -0.484 e. The third kappa shape index (κ3) is 4.19. The topological polar surface area (TPSA) is 64.8 Å². The summed E-state index contributed by atoms with van der Waals surface area (Å²) >= 11 is 3.47. The minimum absolute atomic E-state index is 0.00315. The van der Waals surface area contributed by atoms with E-state index >= 15 is 0 Å². The SMILES string of the molecule is NCCc1cc(OCC(=O)N2CCOCC2)ccc1Br. The van der Waals surface area contributed by atoms with Gasteiger partial charge in [-0.05, 0) is 36.7 Å². The highest BCUT2D eigenvalue weighted by molar-refractivity contribution is 9.10. The summed E-state index contributed by atoms with van der Waals surface area (Å²) < 4.78 is 11.8. The standard InChI is InChI=1S/C14H19BrN2O3/c15-13-2-1-12(9-11(13)3-4-16)20-10-14(18)17-5-7-19-8-6-17/h1-2,9H,3-8,10,16H2. The largest absolute Gasteiger partial charge is 0.484 e. The molecule has 0 unspecified atom stereocenters. The summed E-state index contributed by atoms with van der Waals surface area (Å²) in [6, 6.07) is 5.68. The number of ether oxygens (including phenoxy) is 2. The second kappa shape index (κ2) is 7.61. The van der Waals surface area contributed by atoms with Gasteiger partial charge in [0.1, 0.15) is 5.75 Å². The Hall–Kier alpha value is -1.11. The molecule has 0 saturated carbocycles. The van der Waals surface area contributed by atoms with Crippen LogP contribution in [0.15, 0.2) is 22.7 Å². The zero-order chi connectivity index (χ0) is 14.4. The second-order valence-electron chi connectivity index (χ2n) is 4.57. The number of nitrogens with two attached hydrogens (primary N) is 1. The summed E-state index contributed by atoms with van der Waals surface area (Å²) in [5.41, 5.74) is 6.65. The first-order valence-corrected chi connectivity index (χ1v) is 7.47. The molecule has 1 heterocycles. The van der Waals surface area contributed by atoms with Crippen molar-refractivity contribution in [1.82, 2.24) is 4.90 Å². The maximum atomic E-state index is 12.0. The van der Waals surface area contributed by atoms with E-state index in [1.807, 2.05) is 18.2 Å². The number of amides is 1. The molecule has 1 saturated heterocycles. The average molecular weight is 343 g/mol. The normalized spacial score (nSPS) is 15.2. The molecule has 1 aromatic carbocycles. The molecule has 2 rings (SSSR count). The summed E-state index contributed by atoms with van der Waals surface area (Å²) in [6.07, 6.45) is 0.773. The van der Waals surface area contributed by atoms with Crippen LogP contribution in [0.5, 0.6) is 5.75 Å². The van der Waals surface area contributed by atoms with Gasteiger partial charge in [0, 0.05) is 17.6 Å². The number of halogens is 1. The Balaban J connectivity index is 1.89. The molecule has 1 aromatic rings. The minimum atomic E-state index is -0.00315. The van der Waals surface area contributed by atoms with Gasteiger partial charge < -0.3 is 20.1 Å². The van der Waals surface area contributed by atoms with Crippen molar-refractivity contribution in [3.63, 3.8) is 0 Å². The highest BCUT2D eigenvalue weighted by Gasteiger charge is 2.17. The lowest BCUT2D eigenvalue weighted by Gasteiger charge is -2.26. The van der Waals surface area contributed by atoms with E-state index in [-0.39, 0.29) is 12.5 Å². The number of benzene rings is 1. The van der Waals surface area contributed by atoms with Crippen LogP contribution >= 0.6 is 15.9 Å². The van der Waals surface area contributed by atoms with Crippen LogP contribution in [0.25, 0.3) is 0 Å². The van der Waals surface area contributed by atoms with Crippen LogP contribution < -0.4 is 10.5 Å². The first kappa shape index (κ1) is 15.3. The number of morpholine rings is 1. The number of nitrogens with zero attached hydrogens (tertiary/aromatic N) is 1. The van der Waals surface area contributed by atoms with Gasteiger partial charge in [0.25, 0.3) is 5.91 Å². The Morgan fingerprint density at radius 3 is 2.85 bits per heavy atom. The summed E-state index contributed by atoms with van der Waals surface area (Å²) in [6.45, 7) is 3.12.